The zero-order valence-electron chi connectivity index (χ0n) is 9.41. The van der Waals surface area contributed by atoms with Crippen LogP contribution in [0.3, 0.4) is 0 Å². The van der Waals surface area contributed by atoms with Crippen LogP contribution in [-0.2, 0) is 9.59 Å². The van der Waals surface area contributed by atoms with Crippen molar-refractivity contribution in [3.8, 4) is 0 Å². The van der Waals surface area contributed by atoms with E-state index in [1.807, 2.05) is 6.92 Å². The average molecular weight is 235 g/mol. The number of nitrogens with zero attached hydrogens (tertiary/aromatic N) is 3. The zero-order chi connectivity index (χ0) is 12.4. The Hall–Kier alpha value is -1.98. The number of amides is 1. The molecule has 1 saturated heterocycles. The van der Waals surface area contributed by atoms with Crippen LogP contribution in [-0.4, -0.2) is 33.0 Å². The van der Waals surface area contributed by atoms with Crippen LogP contribution in [0.4, 0.5) is 5.69 Å². The van der Waals surface area contributed by atoms with Gasteiger partial charge in [-0.15, -0.1) is 0 Å². The third-order valence-electron chi connectivity index (χ3n) is 3.02. The number of carbonyl (C=O) groups is 2. The maximum absolute atomic E-state index is 11.9. The Labute approximate surface area is 98.3 Å². The van der Waals surface area contributed by atoms with Crippen molar-refractivity contribution in [3.63, 3.8) is 0 Å². The number of anilines is 1. The number of carboxylic acids is 1. The molecule has 6 heteroatoms. The summed E-state index contributed by atoms with van der Waals surface area (Å²) in [6.45, 7) is 1.87. The van der Waals surface area contributed by atoms with Crippen LogP contribution in [0.5, 0.6) is 0 Å². The Morgan fingerprint density at radius 3 is 2.71 bits per heavy atom. The van der Waals surface area contributed by atoms with Crippen molar-refractivity contribution in [1.82, 2.24) is 9.97 Å². The van der Waals surface area contributed by atoms with Gasteiger partial charge in [0.05, 0.1) is 30.0 Å². The summed E-state index contributed by atoms with van der Waals surface area (Å²) in [6, 6.07) is -0.314. The normalized spacial score (nSPS) is 24.1. The van der Waals surface area contributed by atoms with Crippen molar-refractivity contribution in [2.45, 2.75) is 25.8 Å². The van der Waals surface area contributed by atoms with Crippen LogP contribution in [0.2, 0.25) is 0 Å². The van der Waals surface area contributed by atoms with Gasteiger partial charge in [0, 0.05) is 6.42 Å². The summed E-state index contributed by atoms with van der Waals surface area (Å²) < 4.78 is 0. The summed E-state index contributed by atoms with van der Waals surface area (Å²) in [4.78, 5) is 32.1. The molecule has 1 aliphatic heterocycles. The smallest absolute Gasteiger partial charge is 0.309 e. The molecule has 0 bridgehead atoms. The molecule has 0 aliphatic carbocycles. The molecule has 2 heterocycles. The second-order valence-electron chi connectivity index (χ2n) is 3.98. The molecule has 2 rings (SSSR count). The molecular weight excluding hydrogens is 222 g/mol. The molecule has 17 heavy (non-hydrogen) atoms. The summed E-state index contributed by atoms with van der Waals surface area (Å²) in [5.41, 5.74) is 0.563. The first-order chi connectivity index (χ1) is 8.15. The van der Waals surface area contributed by atoms with Crippen LogP contribution in [0, 0.1) is 5.92 Å². The number of carbonyl (C=O) groups excluding carboxylic acids is 1. The van der Waals surface area contributed by atoms with Crippen molar-refractivity contribution < 1.29 is 14.7 Å². The monoisotopic (exact) mass is 235 g/mol. The highest BCUT2D eigenvalue weighted by atomic mass is 16.4. The van der Waals surface area contributed by atoms with Gasteiger partial charge in [0.1, 0.15) is 6.33 Å². The van der Waals surface area contributed by atoms with Gasteiger partial charge in [-0.1, -0.05) is 6.92 Å². The fourth-order valence-corrected chi connectivity index (χ4v) is 2.26. The van der Waals surface area contributed by atoms with Crippen LogP contribution in [0.15, 0.2) is 18.7 Å². The summed E-state index contributed by atoms with van der Waals surface area (Å²) in [6.07, 6.45) is 5.07. The van der Waals surface area contributed by atoms with E-state index in [1.54, 1.807) is 0 Å². The Morgan fingerprint density at radius 2 is 2.18 bits per heavy atom. The highest BCUT2D eigenvalue weighted by molar-refractivity contribution is 6.00. The van der Waals surface area contributed by atoms with Crippen molar-refractivity contribution in [2.24, 2.45) is 5.92 Å². The maximum atomic E-state index is 11.9. The van der Waals surface area contributed by atoms with Gasteiger partial charge < -0.3 is 10.0 Å². The third kappa shape index (κ3) is 1.98. The molecule has 1 aliphatic rings. The summed E-state index contributed by atoms with van der Waals surface area (Å²) in [7, 11) is 0. The maximum Gasteiger partial charge on any atom is 0.309 e. The Morgan fingerprint density at radius 1 is 1.53 bits per heavy atom. The van der Waals surface area contributed by atoms with E-state index in [9.17, 15) is 9.59 Å². The molecule has 1 aromatic rings. The predicted octanol–water partition coefficient (Wildman–Crippen LogP) is 0.693. The molecule has 0 aromatic carbocycles. The van der Waals surface area contributed by atoms with Gasteiger partial charge in [0.15, 0.2) is 0 Å². The minimum atomic E-state index is -0.926. The number of aromatic nitrogens is 2. The van der Waals surface area contributed by atoms with Gasteiger partial charge in [-0.05, 0) is 6.42 Å². The fraction of sp³-hybridized carbons (Fsp3) is 0.455. The number of carboxylic acid groups (broad SMARTS) is 1. The van der Waals surface area contributed by atoms with Gasteiger partial charge in [-0.3, -0.25) is 9.59 Å². The second kappa shape index (κ2) is 4.48. The van der Waals surface area contributed by atoms with Crippen molar-refractivity contribution >= 4 is 17.6 Å². The lowest BCUT2D eigenvalue weighted by atomic mass is 9.98. The third-order valence-corrected chi connectivity index (χ3v) is 3.02. The highest BCUT2D eigenvalue weighted by Gasteiger charge is 2.43. The first kappa shape index (κ1) is 11.5. The predicted molar refractivity (Wildman–Crippen MR) is 59.3 cm³/mol. The standard InChI is InChI=1S/C11H13N3O3/c1-2-9-8(11(16)17)3-10(15)14(9)7-4-12-6-13-5-7/h4-6,8-9H,2-3H2,1H3,(H,16,17)/t8-,9+/m0/s1. The SMILES string of the molecule is CC[C@@H]1[C@@H](C(=O)O)CC(=O)N1c1cncnc1. The minimum Gasteiger partial charge on any atom is -0.481 e. The molecule has 6 nitrogen and oxygen atoms in total. The van der Waals surface area contributed by atoms with E-state index in [0.29, 0.717) is 12.1 Å². The first-order valence-electron chi connectivity index (χ1n) is 5.45. The molecule has 0 spiro atoms. The lowest BCUT2D eigenvalue weighted by Crippen LogP contribution is -2.37. The summed E-state index contributed by atoms with van der Waals surface area (Å²) in [5.74, 6) is -1.75. The molecular formula is C11H13N3O3. The van der Waals surface area contributed by atoms with Crippen LogP contribution in [0.25, 0.3) is 0 Å². The molecule has 1 aromatic heterocycles. The quantitative estimate of drug-likeness (QED) is 0.833. The highest BCUT2D eigenvalue weighted by Crippen LogP contribution is 2.32. The fourth-order valence-electron chi connectivity index (χ4n) is 2.26. The van der Waals surface area contributed by atoms with E-state index in [0.717, 1.165) is 0 Å². The molecule has 1 amide bonds. The van der Waals surface area contributed by atoms with E-state index in [2.05, 4.69) is 9.97 Å². The number of hydrogen-bond acceptors (Lipinski definition) is 4. The van der Waals surface area contributed by atoms with E-state index in [1.165, 1.54) is 23.6 Å². The van der Waals surface area contributed by atoms with Gasteiger partial charge >= 0.3 is 5.97 Å². The Kier molecular flexibility index (Phi) is 3.03. The van der Waals surface area contributed by atoms with Crippen molar-refractivity contribution in [1.29, 1.82) is 0 Å². The average Bonchev–Trinajstić information content (AvgIpc) is 2.67. The van der Waals surface area contributed by atoms with E-state index >= 15 is 0 Å². The number of rotatable bonds is 3. The molecule has 0 unspecified atom stereocenters. The van der Waals surface area contributed by atoms with E-state index < -0.39 is 11.9 Å². The van der Waals surface area contributed by atoms with Gasteiger partial charge in [0.25, 0.3) is 0 Å². The van der Waals surface area contributed by atoms with Crippen molar-refractivity contribution in [3.05, 3.63) is 18.7 Å². The van der Waals surface area contributed by atoms with Gasteiger partial charge in [-0.2, -0.15) is 0 Å². The first-order valence-corrected chi connectivity index (χ1v) is 5.45. The zero-order valence-corrected chi connectivity index (χ0v) is 9.41. The van der Waals surface area contributed by atoms with Crippen LogP contribution < -0.4 is 4.90 Å². The Balaban J connectivity index is 2.34. The van der Waals surface area contributed by atoms with Gasteiger partial charge in [-0.25, -0.2) is 9.97 Å². The van der Waals surface area contributed by atoms with Crippen LogP contribution >= 0.6 is 0 Å². The Bertz CT molecular complexity index is 435. The summed E-state index contributed by atoms with van der Waals surface area (Å²) >= 11 is 0. The largest absolute Gasteiger partial charge is 0.481 e. The number of hydrogen-bond donors (Lipinski definition) is 1. The number of aliphatic carboxylic acids is 1. The van der Waals surface area contributed by atoms with E-state index in [4.69, 9.17) is 5.11 Å². The summed E-state index contributed by atoms with van der Waals surface area (Å²) in [5, 5.41) is 9.09. The van der Waals surface area contributed by atoms with Gasteiger partial charge in [0.2, 0.25) is 5.91 Å². The van der Waals surface area contributed by atoms with Crippen molar-refractivity contribution in [2.75, 3.05) is 4.90 Å². The lowest BCUT2D eigenvalue weighted by Gasteiger charge is -2.24. The molecule has 2 atom stereocenters. The minimum absolute atomic E-state index is 0.0444. The molecule has 90 valence electrons. The van der Waals surface area contributed by atoms with Crippen LogP contribution in [0.1, 0.15) is 19.8 Å². The molecule has 1 fully saturated rings. The second-order valence-corrected chi connectivity index (χ2v) is 3.98. The molecule has 1 N–H and O–H groups in total. The molecule has 0 radical (unpaired) electrons. The lowest BCUT2D eigenvalue weighted by molar-refractivity contribution is -0.142. The topological polar surface area (TPSA) is 83.4 Å². The van der Waals surface area contributed by atoms with E-state index in [-0.39, 0.29) is 18.4 Å². The molecule has 0 saturated carbocycles.